The smallest absolute Gasteiger partial charge is 0.305 e. The molecule has 0 spiro atoms. The van der Waals surface area contributed by atoms with Gasteiger partial charge in [0.2, 0.25) is 0 Å². The van der Waals surface area contributed by atoms with E-state index in [1.807, 2.05) is 42.5 Å². The number of methoxy groups -OCH3 is 2. The number of esters is 1. The quantitative estimate of drug-likeness (QED) is 0.790. The van der Waals surface area contributed by atoms with Gasteiger partial charge >= 0.3 is 5.97 Å². The molecule has 0 aromatic heterocycles. The van der Waals surface area contributed by atoms with Gasteiger partial charge in [0.05, 0.1) is 20.3 Å². The van der Waals surface area contributed by atoms with Crippen LogP contribution >= 0.6 is 0 Å². The molecule has 2 aromatic carbocycles. The summed E-state index contributed by atoms with van der Waals surface area (Å²) in [5, 5.41) is 3.46. The Hall–Kier alpha value is -2.49. The second-order valence-corrected chi connectivity index (χ2v) is 4.95. The first-order valence-corrected chi connectivity index (χ1v) is 7.25. The Bertz CT molecular complexity index is 581. The standard InChI is InChI=1S/C18H21NO3/c1-21-16-10-8-15(9-11-16)19-17(12-13-18(20)22-2)14-6-4-3-5-7-14/h3-11,17,19H,12-13H2,1-2H3/t17-/m0/s1. The highest BCUT2D eigenvalue weighted by molar-refractivity contribution is 5.69. The number of rotatable bonds is 7. The molecule has 0 aliphatic rings. The predicted molar refractivity (Wildman–Crippen MR) is 87.0 cm³/mol. The van der Waals surface area contributed by atoms with E-state index in [0.717, 1.165) is 17.0 Å². The minimum Gasteiger partial charge on any atom is -0.497 e. The average Bonchev–Trinajstić information content (AvgIpc) is 2.59. The molecule has 1 N–H and O–H groups in total. The van der Waals surface area contributed by atoms with Crippen molar-refractivity contribution in [1.82, 2.24) is 0 Å². The maximum Gasteiger partial charge on any atom is 0.305 e. The minimum absolute atomic E-state index is 0.0497. The van der Waals surface area contributed by atoms with Gasteiger partial charge in [-0.3, -0.25) is 4.79 Å². The van der Waals surface area contributed by atoms with Crippen LogP contribution < -0.4 is 10.1 Å². The van der Waals surface area contributed by atoms with Crippen molar-refractivity contribution in [3.05, 3.63) is 60.2 Å². The largest absolute Gasteiger partial charge is 0.497 e. The predicted octanol–water partition coefficient (Wildman–Crippen LogP) is 3.80. The first-order chi connectivity index (χ1) is 10.7. The molecule has 0 heterocycles. The van der Waals surface area contributed by atoms with Crippen LogP contribution in [-0.2, 0) is 9.53 Å². The summed E-state index contributed by atoms with van der Waals surface area (Å²) in [6.07, 6.45) is 1.04. The summed E-state index contributed by atoms with van der Waals surface area (Å²) in [6, 6.07) is 17.9. The van der Waals surface area contributed by atoms with Crippen molar-refractivity contribution in [3.63, 3.8) is 0 Å². The fourth-order valence-corrected chi connectivity index (χ4v) is 2.26. The molecule has 116 valence electrons. The lowest BCUT2D eigenvalue weighted by atomic mass is 10.0. The molecule has 2 aromatic rings. The van der Waals surface area contributed by atoms with Crippen LogP contribution in [-0.4, -0.2) is 20.2 Å². The molecule has 22 heavy (non-hydrogen) atoms. The van der Waals surface area contributed by atoms with E-state index in [1.165, 1.54) is 7.11 Å². The first kappa shape index (κ1) is 15.9. The van der Waals surface area contributed by atoms with Crippen molar-refractivity contribution in [2.45, 2.75) is 18.9 Å². The van der Waals surface area contributed by atoms with E-state index in [-0.39, 0.29) is 12.0 Å². The van der Waals surface area contributed by atoms with Gasteiger partial charge in [-0.1, -0.05) is 30.3 Å². The van der Waals surface area contributed by atoms with Crippen LogP contribution in [0.3, 0.4) is 0 Å². The molecule has 0 fully saturated rings. The van der Waals surface area contributed by atoms with Crippen LogP contribution in [0.2, 0.25) is 0 Å². The average molecular weight is 299 g/mol. The number of anilines is 1. The fraction of sp³-hybridized carbons (Fsp3) is 0.278. The lowest BCUT2D eigenvalue weighted by molar-refractivity contribution is -0.140. The van der Waals surface area contributed by atoms with Crippen molar-refractivity contribution in [3.8, 4) is 5.75 Å². The number of hydrogen-bond acceptors (Lipinski definition) is 4. The third kappa shape index (κ3) is 4.52. The maximum absolute atomic E-state index is 11.4. The maximum atomic E-state index is 11.4. The van der Waals surface area contributed by atoms with Crippen molar-refractivity contribution in [2.24, 2.45) is 0 Å². The highest BCUT2D eigenvalue weighted by Gasteiger charge is 2.13. The van der Waals surface area contributed by atoms with Crippen LogP contribution in [0.25, 0.3) is 0 Å². The van der Waals surface area contributed by atoms with Gasteiger partial charge in [0.1, 0.15) is 5.75 Å². The fourth-order valence-electron chi connectivity index (χ4n) is 2.26. The summed E-state index contributed by atoms with van der Waals surface area (Å²) in [5.74, 6) is 0.619. The van der Waals surface area contributed by atoms with E-state index < -0.39 is 0 Å². The molecule has 4 nitrogen and oxygen atoms in total. The third-order valence-electron chi connectivity index (χ3n) is 3.50. The molecule has 0 bridgehead atoms. The molecule has 0 amide bonds. The zero-order valence-corrected chi connectivity index (χ0v) is 12.9. The molecule has 0 radical (unpaired) electrons. The van der Waals surface area contributed by atoms with Crippen molar-refractivity contribution in [1.29, 1.82) is 0 Å². The number of ether oxygens (including phenoxy) is 2. The van der Waals surface area contributed by atoms with Crippen LogP contribution in [0.5, 0.6) is 5.75 Å². The SMILES string of the molecule is COC(=O)CC[C@H](Nc1ccc(OC)cc1)c1ccccc1. The van der Waals surface area contributed by atoms with Gasteiger partial charge < -0.3 is 14.8 Å². The Labute approximate surface area is 131 Å². The number of hydrogen-bond donors (Lipinski definition) is 1. The Balaban J connectivity index is 2.11. The zero-order valence-electron chi connectivity index (χ0n) is 12.9. The number of benzene rings is 2. The van der Waals surface area contributed by atoms with Crippen LogP contribution in [0.4, 0.5) is 5.69 Å². The van der Waals surface area contributed by atoms with Gasteiger partial charge in [-0.2, -0.15) is 0 Å². The van der Waals surface area contributed by atoms with Gasteiger partial charge in [0.25, 0.3) is 0 Å². The number of carbonyl (C=O) groups excluding carboxylic acids is 1. The second-order valence-electron chi connectivity index (χ2n) is 4.95. The van der Waals surface area contributed by atoms with E-state index in [0.29, 0.717) is 12.8 Å². The number of nitrogens with one attached hydrogen (secondary N) is 1. The minimum atomic E-state index is -0.197. The third-order valence-corrected chi connectivity index (χ3v) is 3.50. The van der Waals surface area contributed by atoms with Gasteiger partial charge in [-0.15, -0.1) is 0 Å². The molecule has 0 unspecified atom stereocenters. The second kappa shape index (κ2) is 8.08. The van der Waals surface area contributed by atoms with Crippen molar-refractivity contribution in [2.75, 3.05) is 19.5 Å². The van der Waals surface area contributed by atoms with E-state index in [9.17, 15) is 4.79 Å². The number of carbonyl (C=O) groups is 1. The van der Waals surface area contributed by atoms with Gasteiger partial charge in [0.15, 0.2) is 0 Å². The molecular weight excluding hydrogens is 278 g/mol. The molecule has 0 aliphatic heterocycles. The summed E-state index contributed by atoms with van der Waals surface area (Å²) < 4.78 is 9.90. The highest BCUT2D eigenvalue weighted by Crippen LogP contribution is 2.25. The van der Waals surface area contributed by atoms with Crippen LogP contribution in [0.1, 0.15) is 24.4 Å². The summed E-state index contributed by atoms with van der Waals surface area (Å²) in [4.78, 5) is 11.4. The topological polar surface area (TPSA) is 47.6 Å². The zero-order chi connectivity index (χ0) is 15.8. The molecule has 0 aliphatic carbocycles. The molecular formula is C18H21NO3. The summed E-state index contributed by atoms with van der Waals surface area (Å²) in [7, 11) is 3.06. The molecule has 1 atom stereocenters. The monoisotopic (exact) mass is 299 g/mol. The van der Waals surface area contributed by atoms with Crippen molar-refractivity contribution < 1.29 is 14.3 Å². The molecule has 0 saturated carbocycles. The lowest BCUT2D eigenvalue weighted by Crippen LogP contribution is -2.13. The summed E-state index contributed by atoms with van der Waals surface area (Å²) in [6.45, 7) is 0. The van der Waals surface area contributed by atoms with Gasteiger partial charge in [0, 0.05) is 12.1 Å². The Morgan fingerprint density at radius 3 is 2.32 bits per heavy atom. The Kier molecular flexibility index (Phi) is 5.83. The Morgan fingerprint density at radius 2 is 1.73 bits per heavy atom. The van der Waals surface area contributed by atoms with E-state index >= 15 is 0 Å². The van der Waals surface area contributed by atoms with E-state index in [4.69, 9.17) is 9.47 Å². The first-order valence-electron chi connectivity index (χ1n) is 7.25. The highest BCUT2D eigenvalue weighted by atomic mass is 16.5. The van der Waals surface area contributed by atoms with Crippen molar-refractivity contribution >= 4 is 11.7 Å². The lowest BCUT2D eigenvalue weighted by Gasteiger charge is -2.20. The summed E-state index contributed by atoms with van der Waals surface area (Å²) in [5.41, 5.74) is 2.13. The Morgan fingerprint density at radius 1 is 1.05 bits per heavy atom. The van der Waals surface area contributed by atoms with Gasteiger partial charge in [-0.05, 0) is 36.2 Å². The van der Waals surface area contributed by atoms with Gasteiger partial charge in [-0.25, -0.2) is 0 Å². The normalized spacial score (nSPS) is 11.5. The molecule has 0 saturated heterocycles. The van der Waals surface area contributed by atoms with Crippen LogP contribution in [0.15, 0.2) is 54.6 Å². The van der Waals surface area contributed by atoms with Crippen LogP contribution in [0, 0.1) is 0 Å². The molecule has 4 heteroatoms. The van der Waals surface area contributed by atoms with E-state index in [1.54, 1.807) is 7.11 Å². The molecule has 2 rings (SSSR count). The van der Waals surface area contributed by atoms with E-state index in [2.05, 4.69) is 17.4 Å². The summed E-state index contributed by atoms with van der Waals surface area (Å²) >= 11 is 0.